The second kappa shape index (κ2) is 35.7. The van der Waals surface area contributed by atoms with Crippen LogP contribution >= 0.6 is 7.82 Å². The van der Waals surface area contributed by atoms with Crippen LogP contribution < -0.4 is 4.89 Å². The van der Waals surface area contributed by atoms with Crippen LogP contribution in [0, 0.1) is 0 Å². The van der Waals surface area contributed by atoms with Crippen molar-refractivity contribution < 1.29 is 42.1 Å². The molecule has 0 heterocycles. The fraction of sp³-hybridized carbons (Fsp3) is 0.767. The van der Waals surface area contributed by atoms with E-state index in [4.69, 9.17) is 18.5 Å². The monoisotopic (exact) mass is 768 g/mol. The average molecular weight is 768 g/mol. The van der Waals surface area contributed by atoms with E-state index >= 15 is 0 Å². The molecule has 0 aromatic heterocycles. The Hall–Kier alpha value is -2.03. The SMILES string of the molecule is CCCC/C=C/C/C=C/CCCCCCCC(=O)OC[C@H](COP(=O)([O-])OCC[N+](C)(C)C)OC(=O)CCCC/C=C/C/C=C/CCCCCCCC. The first-order valence-electron chi connectivity index (χ1n) is 20.8. The van der Waals surface area contributed by atoms with Gasteiger partial charge in [0.15, 0.2) is 6.10 Å². The van der Waals surface area contributed by atoms with Gasteiger partial charge in [0.05, 0.1) is 27.7 Å². The molecule has 0 saturated heterocycles. The van der Waals surface area contributed by atoms with Crippen molar-refractivity contribution in [3.05, 3.63) is 48.6 Å². The van der Waals surface area contributed by atoms with Crippen LogP contribution in [0.25, 0.3) is 0 Å². The van der Waals surface area contributed by atoms with Gasteiger partial charge in [0.25, 0.3) is 7.82 Å². The first-order valence-corrected chi connectivity index (χ1v) is 22.3. The lowest BCUT2D eigenvalue weighted by atomic mass is 10.1. The number of phosphoric ester groups is 1. The molecule has 0 aliphatic carbocycles. The van der Waals surface area contributed by atoms with Crippen LogP contribution in [-0.4, -0.2) is 70.0 Å². The predicted octanol–water partition coefficient (Wildman–Crippen LogP) is 10.9. The van der Waals surface area contributed by atoms with Crippen LogP contribution in [0.5, 0.6) is 0 Å². The van der Waals surface area contributed by atoms with Crippen LogP contribution in [-0.2, 0) is 32.7 Å². The molecule has 0 spiro atoms. The minimum Gasteiger partial charge on any atom is -0.756 e. The smallest absolute Gasteiger partial charge is 0.306 e. The number of rotatable bonds is 37. The van der Waals surface area contributed by atoms with Gasteiger partial charge in [0.1, 0.15) is 19.8 Å². The van der Waals surface area contributed by atoms with Gasteiger partial charge in [-0.25, -0.2) is 0 Å². The van der Waals surface area contributed by atoms with E-state index in [1.807, 2.05) is 21.1 Å². The fourth-order valence-electron chi connectivity index (χ4n) is 5.23. The Bertz CT molecular complexity index is 1050. The van der Waals surface area contributed by atoms with Gasteiger partial charge in [-0.2, -0.15) is 0 Å². The molecule has 0 aromatic rings. The van der Waals surface area contributed by atoms with E-state index in [-0.39, 0.29) is 26.1 Å². The third-order valence-electron chi connectivity index (χ3n) is 8.57. The molecule has 0 rings (SSSR count). The molecule has 0 aromatic carbocycles. The minimum atomic E-state index is -4.63. The molecule has 308 valence electrons. The number of hydrogen-bond donors (Lipinski definition) is 0. The molecule has 0 aliphatic rings. The van der Waals surface area contributed by atoms with Gasteiger partial charge in [-0.15, -0.1) is 0 Å². The summed E-state index contributed by atoms with van der Waals surface area (Å²) in [6, 6.07) is 0. The minimum absolute atomic E-state index is 0.0405. The van der Waals surface area contributed by atoms with E-state index in [1.165, 1.54) is 51.4 Å². The molecule has 2 atom stereocenters. The van der Waals surface area contributed by atoms with Crippen molar-refractivity contribution in [3.8, 4) is 0 Å². The number of phosphoric acid groups is 1. The summed E-state index contributed by atoms with van der Waals surface area (Å²) in [7, 11) is 1.13. The van der Waals surface area contributed by atoms with Crippen molar-refractivity contribution in [3.63, 3.8) is 0 Å². The van der Waals surface area contributed by atoms with Crippen molar-refractivity contribution in [2.45, 2.75) is 168 Å². The maximum absolute atomic E-state index is 12.6. The van der Waals surface area contributed by atoms with Crippen molar-refractivity contribution in [1.29, 1.82) is 0 Å². The zero-order valence-electron chi connectivity index (χ0n) is 34.4. The van der Waals surface area contributed by atoms with E-state index in [2.05, 4.69) is 62.5 Å². The Labute approximate surface area is 324 Å². The normalized spacial score (nSPS) is 14.2. The van der Waals surface area contributed by atoms with Crippen LogP contribution in [0.2, 0.25) is 0 Å². The highest BCUT2D eigenvalue weighted by Gasteiger charge is 2.21. The Morgan fingerprint density at radius 1 is 0.585 bits per heavy atom. The van der Waals surface area contributed by atoms with Crippen LogP contribution in [0.4, 0.5) is 0 Å². The average Bonchev–Trinajstić information content (AvgIpc) is 3.10. The number of hydrogen-bond acceptors (Lipinski definition) is 8. The summed E-state index contributed by atoms with van der Waals surface area (Å²) < 4.78 is 33.8. The zero-order valence-corrected chi connectivity index (χ0v) is 35.3. The number of nitrogens with zero attached hydrogens (tertiary/aromatic N) is 1. The second-order valence-electron chi connectivity index (χ2n) is 15.0. The van der Waals surface area contributed by atoms with E-state index in [1.54, 1.807) is 0 Å². The van der Waals surface area contributed by atoms with Gasteiger partial charge in [-0.3, -0.25) is 14.2 Å². The number of unbranched alkanes of at least 4 members (excludes halogenated alkanes) is 15. The Morgan fingerprint density at radius 2 is 1.04 bits per heavy atom. The molecule has 0 amide bonds. The van der Waals surface area contributed by atoms with Gasteiger partial charge in [0, 0.05) is 12.8 Å². The highest BCUT2D eigenvalue weighted by molar-refractivity contribution is 7.45. The summed E-state index contributed by atoms with van der Waals surface area (Å²) in [5, 5.41) is 0. The van der Waals surface area contributed by atoms with Gasteiger partial charge < -0.3 is 27.9 Å². The number of esters is 2. The summed E-state index contributed by atoms with van der Waals surface area (Å²) in [6.07, 6.45) is 39.9. The molecule has 53 heavy (non-hydrogen) atoms. The largest absolute Gasteiger partial charge is 0.756 e. The third kappa shape index (κ3) is 39.5. The standard InChI is InChI=1S/C43H78NO8P/c1-6-8-10-12-14-16-18-20-22-24-26-28-30-32-34-36-43(46)52-41(40-51-53(47,48)50-38-37-44(3,4)5)39-49-42(45)35-33-31-29-27-25-23-21-19-17-15-13-11-9-7-2/h13,15,19-22,26,28,41H,6-12,14,16-18,23-25,27,29-40H2,1-5H3/b15-13+,21-19+,22-20+,28-26+/t41-/m1/s1. The number of likely N-dealkylation sites (N-methyl/N-ethyl adjacent to an activating group) is 1. The van der Waals surface area contributed by atoms with Gasteiger partial charge in [-0.05, 0) is 70.6 Å². The van der Waals surface area contributed by atoms with Crippen molar-refractivity contribution in [2.75, 3.05) is 47.5 Å². The summed E-state index contributed by atoms with van der Waals surface area (Å²) in [6.45, 7) is 4.11. The number of carbonyl (C=O) groups is 2. The summed E-state index contributed by atoms with van der Waals surface area (Å²) >= 11 is 0. The summed E-state index contributed by atoms with van der Waals surface area (Å²) in [5.41, 5.74) is 0. The number of quaternary nitrogens is 1. The lowest BCUT2D eigenvalue weighted by Crippen LogP contribution is -2.37. The van der Waals surface area contributed by atoms with E-state index in [0.29, 0.717) is 23.9 Å². The molecule has 0 radical (unpaired) electrons. The summed E-state index contributed by atoms with van der Waals surface area (Å²) in [4.78, 5) is 37.4. The number of ether oxygens (including phenoxy) is 2. The van der Waals surface area contributed by atoms with Crippen LogP contribution in [0.1, 0.15) is 162 Å². The van der Waals surface area contributed by atoms with Crippen LogP contribution in [0.15, 0.2) is 48.6 Å². The molecule has 1 unspecified atom stereocenters. The van der Waals surface area contributed by atoms with Crippen molar-refractivity contribution in [1.82, 2.24) is 0 Å². The van der Waals surface area contributed by atoms with Gasteiger partial charge in [-0.1, -0.05) is 127 Å². The lowest BCUT2D eigenvalue weighted by molar-refractivity contribution is -0.870. The van der Waals surface area contributed by atoms with E-state index in [0.717, 1.165) is 70.6 Å². The number of carbonyl (C=O) groups excluding carboxylic acids is 2. The molecule has 0 N–H and O–H groups in total. The molecular weight excluding hydrogens is 689 g/mol. The first-order chi connectivity index (χ1) is 25.5. The molecule has 10 heteroatoms. The van der Waals surface area contributed by atoms with E-state index in [9.17, 15) is 19.0 Å². The van der Waals surface area contributed by atoms with Gasteiger partial charge in [0.2, 0.25) is 0 Å². The molecule has 0 saturated carbocycles. The quantitative estimate of drug-likeness (QED) is 0.0202. The second-order valence-corrected chi connectivity index (χ2v) is 16.4. The summed E-state index contributed by atoms with van der Waals surface area (Å²) in [5.74, 6) is -0.893. The Kier molecular flexibility index (Phi) is 34.3. The predicted molar refractivity (Wildman–Crippen MR) is 217 cm³/mol. The molecule has 0 aliphatic heterocycles. The molecule has 9 nitrogen and oxygen atoms in total. The highest BCUT2D eigenvalue weighted by Crippen LogP contribution is 2.38. The van der Waals surface area contributed by atoms with Crippen LogP contribution in [0.3, 0.4) is 0 Å². The number of allylic oxidation sites excluding steroid dienone is 8. The Morgan fingerprint density at radius 3 is 1.58 bits per heavy atom. The maximum Gasteiger partial charge on any atom is 0.306 e. The highest BCUT2D eigenvalue weighted by atomic mass is 31.2. The fourth-order valence-corrected chi connectivity index (χ4v) is 5.96. The van der Waals surface area contributed by atoms with Gasteiger partial charge >= 0.3 is 11.9 Å². The maximum atomic E-state index is 12.6. The van der Waals surface area contributed by atoms with E-state index < -0.39 is 32.5 Å². The van der Waals surface area contributed by atoms with Crippen molar-refractivity contribution >= 4 is 19.8 Å². The Balaban J connectivity index is 4.48. The topological polar surface area (TPSA) is 111 Å². The zero-order chi connectivity index (χ0) is 39.3. The molecule has 0 fully saturated rings. The van der Waals surface area contributed by atoms with Crippen molar-refractivity contribution in [2.24, 2.45) is 0 Å². The lowest BCUT2D eigenvalue weighted by Gasteiger charge is -2.28. The third-order valence-corrected chi connectivity index (χ3v) is 9.54. The first kappa shape index (κ1) is 51.0. The molecule has 0 bridgehead atoms. The molecular formula is C43H78NO8P.